The molecule has 4 rings (SSSR count). The van der Waals surface area contributed by atoms with Gasteiger partial charge in [0.15, 0.2) is 0 Å². The van der Waals surface area contributed by atoms with Gasteiger partial charge in [-0.1, -0.05) is 47.2 Å². The van der Waals surface area contributed by atoms with Gasteiger partial charge in [-0.25, -0.2) is 8.78 Å². The van der Waals surface area contributed by atoms with Gasteiger partial charge in [-0.2, -0.15) is 8.42 Å². The highest BCUT2D eigenvalue weighted by Gasteiger charge is 2.21. The maximum atomic E-state index is 14.3. The summed E-state index contributed by atoms with van der Waals surface area (Å²) in [4.78, 5) is 0.0732. The van der Waals surface area contributed by atoms with Crippen LogP contribution in [-0.4, -0.2) is 22.8 Å². The molecule has 146 valence electrons. The van der Waals surface area contributed by atoms with Gasteiger partial charge in [0, 0.05) is 11.1 Å². The fourth-order valence-electron chi connectivity index (χ4n) is 2.95. The van der Waals surface area contributed by atoms with Crippen LogP contribution in [0.25, 0.3) is 22.4 Å². The Labute approximate surface area is 166 Å². The van der Waals surface area contributed by atoms with Crippen molar-refractivity contribution in [1.82, 2.24) is 14.4 Å². The van der Waals surface area contributed by atoms with Crippen LogP contribution in [0.4, 0.5) is 8.78 Å². The molecule has 3 aromatic carbocycles. The predicted molar refractivity (Wildman–Crippen MR) is 105 cm³/mol. The fourth-order valence-corrected chi connectivity index (χ4v) is 4.02. The van der Waals surface area contributed by atoms with Crippen LogP contribution in [0.1, 0.15) is 5.56 Å². The van der Waals surface area contributed by atoms with Crippen molar-refractivity contribution in [3.63, 3.8) is 0 Å². The Bertz CT molecular complexity index is 1300. The number of benzene rings is 3. The highest BCUT2D eigenvalue weighted by molar-refractivity contribution is 7.89. The molecule has 0 aliphatic heterocycles. The molecule has 0 spiro atoms. The van der Waals surface area contributed by atoms with Crippen molar-refractivity contribution in [2.45, 2.75) is 11.8 Å². The smallest absolute Gasteiger partial charge is 0.207 e. The van der Waals surface area contributed by atoms with Crippen molar-refractivity contribution >= 4 is 10.0 Å². The molecule has 5 nitrogen and oxygen atoms in total. The van der Waals surface area contributed by atoms with Crippen molar-refractivity contribution < 1.29 is 17.2 Å². The largest absolute Gasteiger partial charge is 0.284 e. The normalized spacial score (nSPS) is 11.6. The van der Waals surface area contributed by atoms with Gasteiger partial charge < -0.3 is 0 Å². The molecule has 0 aliphatic carbocycles. The van der Waals surface area contributed by atoms with Crippen LogP contribution >= 0.6 is 0 Å². The Morgan fingerprint density at radius 3 is 2.28 bits per heavy atom. The summed E-state index contributed by atoms with van der Waals surface area (Å²) in [6.45, 7) is 1.85. The van der Waals surface area contributed by atoms with Crippen LogP contribution < -0.4 is 0 Å². The molecular formula is C21H15F2N3O2S. The second kappa shape index (κ2) is 7.21. The lowest BCUT2D eigenvalue weighted by Gasteiger charge is -2.08. The fraction of sp³-hybridized carbons (Fsp3) is 0.0476. The summed E-state index contributed by atoms with van der Waals surface area (Å²) in [5, 5.41) is 7.70. The summed E-state index contributed by atoms with van der Waals surface area (Å²) >= 11 is 0. The van der Waals surface area contributed by atoms with E-state index in [2.05, 4.69) is 10.3 Å². The number of aryl methyl sites for hydroxylation is 1. The molecule has 0 saturated heterocycles. The first-order valence-corrected chi connectivity index (χ1v) is 10.1. The number of hydrogen-bond donors (Lipinski definition) is 0. The molecule has 0 N–H and O–H groups in total. The Morgan fingerprint density at radius 1 is 0.862 bits per heavy atom. The Kier molecular flexibility index (Phi) is 4.71. The second-order valence-electron chi connectivity index (χ2n) is 6.46. The molecule has 8 heteroatoms. The molecule has 1 aromatic heterocycles. The first kappa shape index (κ1) is 18.9. The van der Waals surface area contributed by atoms with Crippen LogP contribution in [0.2, 0.25) is 0 Å². The Balaban J connectivity index is 1.80. The van der Waals surface area contributed by atoms with Gasteiger partial charge >= 0.3 is 0 Å². The second-order valence-corrected chi connectivity index (χ2v) is 8.26. The number of halogens is 2. The number of rotatable bonds is 4. The maximum Gasteiger partial charge on any atom is 0.284 e. The molecule has 0 unspecified atom stereocenters. The summed E-state index contributed by atoms with van der Waals surface area (Å²) in [6, 6.07) is 16.1. The van der Waals surface area contributed by atoms with Gasteiger partial charge in [0.2, 0.25) is 0 Å². The summed E-state index contributed by atoms with van der Waals surface area (Å²) < 4.78 is 54.3. The van der Waals surface area contributed by atoms with Gasteiger partial charge in [0.25, 0.3) is 10.0 Å². The topological polar surface area (TPSA) is 64.8 Å². The molecule has 0 fully saturated rings. The number of aromatic nitrogens is 3. The zero-order chi connectivity index (χ0) is 20.6. The molecule has 1 heterocycles. The summed E-state index contributed by atoms with van der Waals surface area (Å²) in [5.74, 6) is -1.18. The molecular weight excluding hydrogens is 396 g/mol. The van der Waals surface area contributed by atoms with Crippen LogP contribution in [0.5, 0.6) is 0 Å². The van der Waals surface area contributed by atoms with Gasteiger partial charge in [0.1, 0.15) is 17.3 Å². The van der Waals surface area contributed by atoms with Gasteiger partial charge in [0.05, 0.1) is 11.1 Å². The van der Waals surface area contributed by atoms with Gasteiger partial charge in [-0.15, -0.1) is 9.19 Å². The van der Waals surface area contributed by atoms with E-state index in [4.69, 9.17) is 0 Å². The standard InChI is InChI=1S/C21H15F2N3O2S/c1-14-6-9-16(10-7-14)29(27,28)26-13-21(24-25-26)18-5-3-2-4-17(18)19-12-15(22)8-11-20(19)23/h2-13H,1H3. The first-order valence-electron chi connectivity index (χ1n) is 8.66. The van der Waals surface area contributed by atoms with E-state index in [-0.39, 0.29) is 16.2 Å². The van der Waals surface area contributed by atoms with Crippen LogP contribution in [0, 0.1) is 18.6 Å². The minimum atomic E-state index is -3.93. The van der Waals surface area contributed by atoms with E-state index in [1.165, 1.54) is 18.3 Å². The lowest BCUT2D eigenvalue weighted by Crippen LogP contribution is -2.13. The number of nitrogens with zero attached hydrogens (tertiary/aromatic N) is 3. The van der Waals surface area contributed by atoms with E-state index < -0.39 is 21.7 Å². The highest BCUT2D eigenvalue weighted by atomic mass is 32.2. The van der Waals surface area contributed by atoms with Gasteiger partial charge in [-0.05, 0) is 42.8 Å². The van der Waals surface area contributed by atoms with Crippen LogP contribution in [0.15, 0.2) is 77.8 Å². The van der Waals surface area contributed by atoms with E-state index in [1.807, 2.05) is 6.92 Å². The van der Waals surface area contributed by atoms with Gasteiger partial charge in [-0.3, -0.25) is 0 Å². The zero-order valence-corrected chi connectivity index (χ0v) is 16.1. The van der Waals surface area contributed by atoms with E-state index in [1.54, 1.807) is 36.4 Å². The Morgan fingerprint density at radius 2 is 1.55 bits per heavy atom. The minimum Gasteiger partial charge on any atom is -0.207 e. The third-order valence-corrected chi connectivity index (χ3v) is 6.00. The maximum absolute atomic E-state index is 14.3. The van der Waals surface area contributed by atoms with E-state index in [0.717, 1.165) is 27.8 Å². The molecule has 4 aromatic rings. The average Bonchev–Trinajstić information content (AvgIpc) is 3.21. The molecule has 0 radical (unpaired) electrons. The van der Waals surface area contributed by atoms with E-state index in [0.29, 0.717) is 11.1 Å². The van der Waals surface area contributed by atoms with Crippen molar-refractivity contribution in [3.8, 4) is 22.4 Å². The summed E-state index contributed by atoms with van der Waals surface area (Å²) in [5.41, 5.74) is 2.01. The van der Waals surface area contributed by atoms with Crippen molar-refractivity contribution in [2.75, 3.05) is 0 Å². The lowest BCUT2D eigenvalue weighted by atomic mass is 9.97. The summed E-state index contributed by atoms with van der Waals surface area (Å²) in [7, 11) is -3.93. The SMILES string of the molecule is Cc1ccc(S(=O)(=O)n2cc(-c3ccccc3-c3cc(F)ccc3F)nn2)cc1. The van der Waals surface area contributed by atoms with E-state index >= 15 is 0 Å². The predicted octanol–water partition coefficient (Wildman–Crippen LogP) is 4.44. The quantitative estimate of drug-likeness (QED) is 0.498. The molecule has 0 saturated carbocycles. The molecule has 0 bridgehead atoms. The average molecular weight is 411 g/mol. The molecule has 0 amide bonds. The van der Waals surface area contributed by atoms with E-state index in [9.17, 15) is 17.2 Å². The minimum absolute atomic E-state index is 0.0524. The molecule has 29 heavy (non-hydrogen) atoms. The molecule has 0 aliphatic rings. The van der Waals surface area contributed by atoms with Crippen molar-refractivity contribution in [3.05, 3.63) is 90.1 Å². The zero-order valence-electron chi connectivity index (χ0n) is 15.3. The van der Waals surface area contributed by atoms with Crippen LogP contribution in [0.3, 0.4) is 0 Å². The summed E-state index contributed by atoms with van der Waals surface area (Å²) in [6.07, 6.45) is 1.26. The lowest BCUT2D eigenvalue weighted by molar-refractivity contribution is 0.577. The Hall–Kier alpha value is -3.39. The third kappa shape index (κ3) is 3.54. The first-order chi connectivity index (χ1) is 13.9. The monoisotopic (exact) mass is 411 g/mol. The molecule has 0 atom stereocenters. The van der Waals surface area contributed by atoms with Crippen molar-refractivity contribution in [2.24, 2.45) is 0 Å². The number of hydrogen-bond acceptors (Lipinski definition) is 4. The van der Waals surface area contributed by atoms with Crippen LogP contribution in [-0.2, 0) is 10.0 Å². The highest BCUT2D eigenvalue weighted by Crippen LogP contribution is 2.33. The third-order valence-electron chi connectivity index (χ3n) is 4.46. The van der Waals surface area contributed by atoms with Crippen molar-refractivity contribution in [1.29, 1.82) is 0 Å².